The van der Waals surface area contributed by atoms with E-state index in [2.05, 4.69) is 48.6 Å². The molecular formula is C11H15NSSi. The number of thioether (sulfide) groups is 1. The molecule has 1 heterocycles. The smallest absolute Gasteiger partial charge is 0.105 e. The van der Waals surface area contributed by atoms with Gasteiger partial charge in [-0.15, -0.1) is 11.8 Å². The van der Waals surface area contributed by atoms with Gasteiger partial charge in [-0.3, -0.25) is 4.99 Å². The molecule has 0 bridgehead atoms. The number of nitrogens with zero attached hydrogens (tertiary/aromatic N) is 1. The number of aliphatic imine (C=N–C) groups is 1. The number of hydrogen-bond donors (Lipinski definition) is 0. The lowest BCUT2D eigenvalue weighted by molar-refractivity contribution is 1.28. The summed E-state index contributed by atoms with van der Waals surface area (Å²) in [5, 5.41) is 2.78. The highest BCUT2D eigenvalue weighted by Gasteiger charge is 2.30. The summed E-state index contributed by atoms with van der Waals surface area (Å²) in [6.07, 6.45) is 3.15. The molecule has 1 aromatic carbocycles. The number of fused-ring (bicyclic) bond motifs is 1. The number of hydrogen-bond acceptors (Lipinski definition) is 2. The second-order valence-corrected chi connectivity index (χ2v) is 9.67. The van der Waals surface area contributed by atoms with E-state index in [4.69, 9.17) is 0 Å². The van der Waals surface area contributed by atoms with Crippen LogP contribution in [0.4, 0.5) is 0 Å². The van der Waals surface area contributed by atoms with Gasteiger partial charge >= 0.3 is 0 Å². The second kappa shape index (κ2) is 3.55. The van der Waals surface area contributed by atoms with E-state index in [1.807, 2.05) is 0 Å². The predicted octanol–water partition coefficient (Wildman–Crippen LogP) is 2.26. The molecule has 1 aromatic rings. The van der Waals surface area contributed by atoms with E-state index < -0.39 is 8.07 Å². The Bertz CT molecular complexity index is 385. The van der Waals surface area contributed by atoms with E-state index in [9.17, 15) is 0 Å². The highest BCUT2D eigenvalue weighted by molar-refractivity contribution is 8.13. The molecule has 0 aliphatic carbocycles. The van der Waals surface area contributed by atoms with Crippen molar-refractivity contribution in [2.75, 3.05) is 12.4 Å². The maximum atomic E-state index is 4.68. The molecule has 1 nitrogen and oxygen atoms in total. The molecule has 74 valence electrons. The van der Waals surface area contributed by atoms with Gasteiger partial charge in [0.1, 0.15) is 8.07 Å². The first-order valence-corrected chi connectivity index (χ1v) is 9.26. The average Bonchev–Trinajstić information content (AvgIpc) is 2.18. The van der Waals surface area contributed by atoms with E-state index in [1.54, 1.807) is 16.9 Å². The Morgan fingerprint density at radius 3 is 2.71 bits per heavy atom. The topological polar surface area (TPSA) is 12.4 Å². The third kappa shape index (κ3) is 1.55. The van der Waals surface area contributed by atoms with Gasteiger partial charge in [0, 0.05) is 11.7 Å². The van der Waals surface area contributed by atoms with Crippen LogP contribution in [0.2, 0.25) is 13.1 Å². The summed E-state index contributed by atoms with van der Waals surface area (Å²) in [5.41, 5.74) is 1.38. The quantitative estimate of drug-likeness (QED) is 0.612. The minimum absolute atomic E-state index is 1.04. The van der Waals surface area contributed by atoms with Crippen molar-refractivity contribution < 1.29 is 0 Å². The van der Waals surface area contributed by atoms with Crippen LogP contribution in [0.5, 0.6) is 0 Å². The molecule has 0 saturated heterocycles. The van der Waals surface area contributed by atoms with E-state index in [0.717, 1.165) is 6.17 Å². The molecule has 0 aromatic heterocycles. The summed E-state index contributed by atoms with van der Waals surface area (Å²) in [6.45, 7) is 4.79. The summed E-state index contributed by atoms with van der Waals surface area (Å²) < 4.78 is 0. The monoisotopic (exact) mass is 221 g/mol. The molecule has 0 N–H and O–H groups in total. The summed E-state index contributed by atoms with van der Waals surface area (Å²) >= 11 is 1.76. The summed E-state index contributed by atoms with van der Waals surface area (Å²) in [7, 11) is -1.27. The first-order chi connectivity index (χ1) is 6.65. The van der Waals surface area contributed by atoms with Crippen molar-refractivity contribution in [1.29, 1.82) is 0 Å². The van der Waals surface area contributed by atoms with Crippen LogP contribution >= 0.6 is 11.8 Å². The summed E-state index contributed by atoms with van der Waals surface area (Å²) in [6, 6.07) is 8.75. The minimum atomic E-state index is -1.27. The van der Waals surface area contributed by atoms with Crippen molar-refractivity contribution in [2.45, 2.75) is 13.1 Å². The Balaban J connectivity index is 2.58. The van der Waals surface area contributed by atoms with E-state index >= 15 is 0 Å². The normalized spacial score (nSPS) is 18.6. The predicted molar refractivity (Wildman–Crippen MR) is 68.5 cm³/mol. The standard InChI is InChI=1S/C11H15NSSi/c1-13-11-9-6-4-5-7-10(9)14(2,3)8-12-11/h4-7H,8H2,1-3H3. The Labute approximate surface area is 90.6 Å². The maximum absolute atomic E-state index is 4.68. The SMILES string of the molecule is CSC1=NC[Si](C)(C)c2ccccc21. The van der Waals surface area contributed by atoms with E-state index in [1.165, 1.54) is 10.6 Å². The van der Waals surface area contributed by atoms with Crippen LogP contribution in [0.15, 0.2) is 29.3 Å². The van der Waals surface area contributed by atoms with Crippen molar-refractivity contribution >= 4 is 30.1 Å². The van der Waals surface area contributed by atoms with Crippen molar-refractivity contribution in [3.8, 4) is 0 Å². The van der Waals surface area contributed by atoms with Crippen molar-refractivity contribution in [3.63, 3.8) is 0 Å². The molecule has 0 amide bonds. The molecule has 0 atom stereocenters. The van der Waals surface area contributed by atoms with E-state index in [0.29, 0.717) is 0 Å². The number of rotatable bonds is 0. The molecule has 3 heteroatoms. The largest absolute Gasteiger partial charge is 0.281 e. The van der Waals surface area contributed by atoms with Crippen LogP contribution in [0.1, 0.15) is 5.56 Å². The van der Waals surface area contributed by atoms with Gasteiger partial charge < -0.3 is 0 Å². The Morgan fingerprint density at radius 2 is 2.00 bits per heavy atom. The second-order valence-electron chi connectivity index (χ2n) is 4.25. The zero-order valence-electron chi connectivity index (χ0n) is 8.87. The summed E-state index contributed by atoms with van der Waals surface area (Å²) in [4.78, 5) is 4.68. The summed E-state index contributed by atoms with van der Waals surface area (Å²) in [5.74, 6) is 0. The van der Waals surface area contributed by atoms with Gasteiger partial charge in [-0.1, -0.05) is 37.4 Å². The zero-order valence-corrected chi connectivity index (χ0v) is 10.7. The highest BCUT2D eigenvalue weighted by Crippen LogP contribution is 2.19. The van der Waals surface area contributed by atoms with Crippen LogP contribution in [-0.2, 0) is 0 Å². The molecule has 1 aliphatic heterocycles. The van der Waals surface area contributed by atoms with Gasteiger partial charge in [0.2, 0.25) is 0 Å². The molecule has 2 rings (SSSR count). The van der Waals surface area contributed by atoms with Gasteiger partial charge in [-0.2, -0.15) is 0 Å². The fourth-order valence-electron chi connectivity index (χ4n) is 1.87. The van der Waals surface area contributed by atoms with Gasteiger partial charge in [-0.25, -0.2) is 0 Å². The van der Waals surface area contributed by atoms with Gasteiger partial charge in [0.25, 0.3) is 0 Å². The minimum Gasteiger partial charge on any atom is -0.281 e. The lowest BCUT2D eigenvalue weighted by Gasteiger charge is -2.28. The molecule has 0 unspecified atom stereocenters. The van der Waals surface area contributed by atoms with Crippen LogP contribution in [0.3, 0.4) is 0 Å². The lowest BCUT2D eigenvalue weighted by atomic mass is 10.2. The van der Waals surface area contributed by atoms with Gasteiger partial charge in [-0.05, 0) is 11.4 Å². The van der Waals surface area contributed by atoms with E-state index in [-0.39, 0.29) is 0 Å². The Hall–Kier alpha value is -0.543. The molecule has 1 aliphatic rings. The van der Waals surface area contributed by atoms with Crippen LogP contribution < -0.4 is 5.19 Å². The van der Waals surface area contributed by atoms with Gasteiger partial charge in [0.05, 0.1) is 5.04 Å². The van der Waals surface area contributed by atoms with Crippen LogP contribution in [0.25, 0.3) is 0 Å². The Kier molecular flexibility index (Phi) is 2.53. The molecule has 0 spiro atoms. The molecule has 0 saturated carbocycles. The maximum Gasteiger partial charge on any atom is 0.105 e. The molecule has 14 heavy (non-hydrogen) atoms. The number of benzene rings is 1. The first kappa shape index (κ1) is 9.99. The molecular weight excluding hydrogens is 206 g/mol. The van der Waals surface area contributed by atoms with Gasteiger partial charge in [0.15, 0.2) is 0 Å². The van der Waals surface area contributed by atoms with Crippen molar-refractivity contribution in [2.24, 2.45) is 4.99 Å². The molecule has 0 fully saturated rings. The van der Waals surface area contributed by atoms with Crippen LogP contribution in [0, 0.1) is 0 Å². The fourth-order valence-corrected chi connectivity index (χ4v) is 4.87. The van der Waals surface area contributed by atoms with Crippen LogP contribution in [-0.4, -0.2) is 25.5 Å². The highest BCUT2D eigenvalue weighted by atomic mass is 32.2. The lowest BCUT2D eigenvalue weighted by Crippen LogP contribution is -2.50. The fraction of sp³-hybridized carbons (Fsp3) is 0.364. The van der Waals surface area contributed by atoms with Crippen molar-refractivity contribution in [3.05, 3.63) is 29.8 Å². The Morgan fingerprint density at radius 1 is 1.29 bits per heavy atom. The average molecular weight is 221 g/mol. The zero-order chi connectivity index (χ0) is 10.2. The molecule has 0 radical (unpaired) electrons. The third-order valence-electron chi connectivity index (χ3n) is 2.70. The first-order valence-electron chi connectivity index (χ1n) is 4.83. The third-order valence-corrected chi connectivity index (χ3v) is 6.28. The van der Waals surface area contributed by atoms with Crippen molar-refractivity contribution in [1.82, 2.24) is 0 Å².